The summed E-state index contributed by atoms with van der Waals surface area (Å²) in [6.45, 7) is 0. The molecule has 2 aromatic rings. The highest BCUT2D eigenvalue weighted by atomic mass is 15.1. The van der Waals surface area contributed by atoms with Crippen molar-refractivity contribution in [2.75, 3.05) is 0 Å². The number of nitriles is 1. The first-order valence-corrected chi connectivity index (χ1v) is 7.66. The zero-order chi connectivity index (χ0) is 13.9. The average Bonchev–Trinajstić information content (AvgIpc) is 2.75. The fourth-order valence-electron chi connectivity index (χ4n) is 3.37. The lowest BCUT2D eigenvalue weighted by Gasteiger charge is -2.19. The molecule has 0 amide bonds. The van der Waals surface area contributed by atoms with E-state index < -0.39 is 0 Å². The van der Waals surface area contributed by atoms with Gasteiger partial charge in [0.2, 0.25) is 0 Å². The number of imidazole rings is 1. The number of hydrogen-bond donors (Lipinski definition) is 0. The van der Waals surface area contributed by atoms with Crippen LogP contribution in [0.4, 0.5) is 0 Å². The summed E-state index contributed by atoms with van der Waals surface area (Å²) in [5.41, 5.74) is 2.80. The highest BCUT2D eigenvalue weighted by molar-refractivity contribution is 5.77. The molecule has 1 aromatic carbocycles. The molecule has 0 N–H and O–H groups in total. The third-order valence-corrected chi connectivity index (χ3v) is 4.51. The normalized spacial score (nSPS) is 17.6. The Balaban J connectivity index is 1.98. The van der Waals surface area contributed by atoms with E-state index >= 15 is 0 Å². The molecule has 0 saturated heterocycles. The number of nitrogens with zero attached hydrogens (tertiary/aromatic N) is 3. The van der Waals surface area contributed by atoms with Crippen LogP contribution in [0.5, 0.6) is 0 Å². The fourth-order valence-corrected chi connectivity index (χ4v) is 3.37. The smallest absolute Gasteiger partial charge is 0.112 e. The first-order chi connectivity index (χ1) is 9.79. The van der Waals surface area contributed by atoms with Gasteiger partial charge in [0.1, 0.15) is 5.82 Å². The molecule has 1 fully saturated rings. The van der Waals surface area contributed by atoms with Crippen molar-refractivity contribution in [3.63, 3.8) is 0 Å². The van der Waals surface area contributed by atoms with Crippen molar-refractivity contribution in [2.45, 2.75) is 50.9 Å². The lowest BCUT2D eigenvalue weighted by atomic mass is 9.90. The van der Waals surface area contributed by atoms with Gasteiger partial charge < -0.3 is 4.57 Å². The second-order valence-electron chi connectivity index (χ2n) is 5.89. The largest absolute Gasteiger partial charge is 0.331 e. The van der Waals surface area contributed by atoms with E-state index in [1.54, 1.807) is 0 Å². The van der Waals surface area contributed by atoms with Gasteiger partial charge in [-0.15, -0.1) is 0 Å². The van der Waals surface area contributed by atoms with Gasteiger partial charge in [-0.1, -0.05) is 32.1 Å². The first-order valence-electron chi connectivity index (χ1n) is 7.66. The summed E-state index contributed by atoms with van der Waals surface area (Å²) in [5, 5.41) is 9.01. The number of aromatic nitrogens is 2. The molecule has 20 heavy (non-hydrogen) atoms. The van der Waals surface area contributed by atoms with E-state index in [1.165, 1.54) is 50.8 Å². The Morgan fingerprint density at radius 2 is 1.85 bits per heavy atom. The molecule has 1 aromatic heterocycles. The Morgan fingerprint density at radius 1 is 1.15 bits per heavy atom. The molecule has 3 nitrogen and oxygen atoms in total. The molecule has 0 radical (unpaired) electrons. The van der Waals surface area contributed by atoms with Gasteiger partial charge in [-0.2, -0.15) is 5.26 Å². The number of benzene rings is 1. The van der Waals surface area contributed by atoms with Crippen molar-refractivity contribution in [3.8, 4) is 6.07 Å². The number of hydrogen-bond acceptors (Lipinski definition) is 2. The van der Waals surface area contributed by atoms with Gasteiger partial charge in [0.15, 0.2) is 0 Å². The molecular formula is C17H21N3. The number of fused-ring (bicyclic) bond motifs is 1. The predicted molar refractivity (Wildman–Crippen MR) is 80.5 cm³/mol. The van der Waals surface area contributed by atoms with Crippen molar-refractivity contribution < 1.29 is 0 Å². The van der Waals surface area contributed by atoms with Gasteiger partial charge >= 0.3 is 0 Å². The molecule has 1 saturated carbocycles. The zero-order valence-electron chi connectivity index (χ0n) is 12.1. The van der Waals surface area contributed by atoms with Gasteiger partial charge in [-0.25, -0.2) is 4.98 Å². The third kappa shape index (κ3) is 2.43. The minimum atomic E-state index is 0.582. The maximum Gasteiger partial charge on any atom is 0.112 e. The molecule has 3 rings (SSSR count). The highest BCUT2D eigenvalue weighted by Gasteiger charge is 2.19. The van der Waals surface area contributed by atoms with Crippen molar-refractivity contribution in [1.82, 2.24) is 9.55 Å². The summed E-state index contributed by atoms with van der Waals surface area (Å²) in [4.78, 5) is 4.83. The maximum atomic E-state index is 9.01. The van der Waals surface area contributed by atoms with Gasteiger partial charge in [-0.05, 0) is 31.0 Å². The summed E-state index contributed by atoms with van der Waals surface area (Å²) < 4.78 is 2.22. The van der Waals surface area contributed by atoms with E-state index in [2.05, 4.69) is 17.7 Å². The molecule has 0 atom stereocenters. The Kier molecular flexibility index (Phi) is 3.73. The van der Waals surface area contributed by atoms with E-state index in [0.29, 0.717) is 11.5 Å². The maximum absolute atomic E-state index is 9.01. The van der Waals surface area contributed by atoms with Gasteiger partial charge in [0.05, 0.1) is 22.7 Å². The quantitative estimate of drug-likeness (QED) is 0.774. The monoisotopic (exact) mass is 267 g/mol. The van der Waals surface area contributed by atoms with Crippen LogP contribution in [0.25, 0.3) is 11.0 Å². The molecule has 1 aliphatic carbocycles. The van der Waals surface area contributed by atoms with Crippen LogP contribution >= 0.6 is 0 Å². The molecule has 104 valence electrons. The lowest BCUT2D eigenvalue weighted by Crippen LogP contribution is -2.08. The van der Waals surface area contributed by atoms with Crippen LogP contribution in [0.1, 0.15) is 62.3 Å². The van der Waals surface area contributed by atoms with E-state index in [1.807, 2.05) is 18.2 Å². The van der Waals surface area contributed by atoms with Crippen LogP contribution in [-0.4, -0.2) is 9.55 Å². The summed E-state index contributed by atoms with van der Waals surface area (Å²) in [5.74, 6) is 1.79. The van der Waals surface area contributed by atoms with Crippen LogP contribution in [0, 0.1) is 11.3 Å². The van der Waals surface area contributed by atoms with E-state index in [4.69, 9.17) is 10.2 Å². The summed E-state index contributed by atoms with van der Waals surface area (Å²) in [7, 11) is 2.11. The Labute approximate surface area is 120 Å². The number of rotatable bonds is 1. The van der Waals surface area contributed by atoms with Crippen molar-refractivity contribution in [3.05, 3.63) is 29.6 Å². The van der Waals surface area contributed by atoms with Gasteiger partial charge in [0, 0.05) is 13.0 Å². The van der Waals surface area contributed by atoms with E-state index in [0.717, 1.165) is 11.0 Å². The fraction of sp³-hybridized carbons (Fsp3) is 0.529. The van der Waals surface area contributed by atoms with Crippen LogP contribution in [0.3, 0.4) is 0 Å². The molecule has 1 heterocycles. The van der Waals surface area contributed by atoms with Crippen LogP contribution in [0.2, 0.25) is 0 Å². The Bertz CT molecular complexity index is 640. The van der Waals surface area contributed by atoms with Gasteiger partial charge in [0.25, 0.3) is 0 Å². The van der Waals surface area contributed by atoms with Crippen molar-refractivity contribution in [2.24, 2.45) is 7.05 Å². The average molecular weight is 267 g/mol. The van der Waals surface area contributed by atoms with Crippen molar-refractivity contribution >= 4 is 11.0 Å². The minimum absolute atomic E-state index is 0.582. The minimum Gasteiger partial charge on any atom is -0.331 e. The number of aryl methyl sites for hydroxylation is 1. The van der Waals surface area contributed by atoms with Crippen molar-refractivity contribution in [1.29, 1.82) is 5.26 Å². The SMILES string of the molecule is Cn1c(C2CCCCCCC2)nc2cc(C#N)ccc21. The van der Waals surface area contributed by atoms with Crippen LogP contribution in [-0.2, 0) is 7.05 Å². The van der Waals surface area contributed by atoms with E-state index in [-0.39, 0.29) is 0 Å². The van der Waals surface area contributed by atoms with Crippen LogP contribution < -0.4 is 0 Å². The molecule has 3 heteroatoms. The second kappa shape index (κ2) is 5.66. The summed E-state index contributed by atoms with van der Waals surface area (Å²) >= 11 is 0. The summed E-state index contributed by atoms with van der Waals surface area (Å²) in [6.07, 6.45) is 9.25. The second-order valence-corrected chi connectivity index (χ2v) is 5.89. The highest BCUT2D eigenvalue weighted by Crippen LogP contribution is 2.32. The first kappa shape index (κ1) is 13.2. The molecular weight excluding hydrogens is 246 g/mol. The Morgan fingerprint density at radius 3 is 2.55 bits per heavy atom. The van der Waals surface area contributed by atoms with Crippen LogP contribution in [0.15, 0.2) is 18.2 Å². The molecule has 0 unspecified atom stereocenters. The topological polar surface area (TPSA) is 41.6 Å². The molecule has 0 spiro atoms. The summed E-state index contributed by atoms with van der Waals surface area (Å²) in [6, 6.07) is 8.00. The standard InChI is InChI=1S/C17H21N3/c1-20-16-10-9-13(12-18)11-15(16)19-17(20)14-7-5-3-2-4-6-8-14/h9-11,14H,2-8H2,1H3. The third-order valence-electron chi connectivity index (χ3n) is 4.51. The lowest BCUT2D eigenvalue weighted by molar-refractivity contribution is 0.437. The molecule has 0 aliphatic heterocycles. The zero-order valence-corrected chi connectivity index (χ0v) is 12.1. The molecule has 0 bridgehead atoms. The molecule has 1 aliphatic rings. The Hall–Kier alpha value is -1.82. The predicted octanol–water partition coefficient (Wildman–Crippen LogP) is 4.27. The van der Waals surface area contributed by atoms with E-state index in [9.17, 15) is 0 Å². The van der Waals surface area contributed by atoms with Gasteiger partial charge in [-0.3, -0.25) is 0 Å².